The molecular weight excluding hydrogens is 422 g/mol. The number of sulfone groups is 1. The normalized spacial score (nSPS) is 15.4. The second-order valence-corrected chi connectivity index (χ2v) is 11.0. The lowest BCUT2D eigenvalue weighted by Crippen LogP contribution is -2.14. The van der Waals surface area contributed by atoms with Crippen molar-refractivity contribution in [2.24, 2.45) is 0 Å². The SMILES string of the molecule is Cc1nc2c(C(=O)Nc3ccc(C4CCCCC4)cc3)sc(S(C)(=O)=O)c2c(=O)[nH]1. The van der Waals surface area contributed by atoms with Gasteiger partial charge in [-0.3, -0.25) is 9.59 Å². The molecule has 30 heavy (non-hydrogen) atoms. The third kappa shape index (κ3) is 4.04. The van der Waals surface area contributed by atoms with Gasteiger partial charge in [0.2, 0.25) is 0 Å². The summed E-state index contributed by atoms with van der Waals surface area (Å²) in [7, 11) is -3.69. The molecule has 3 aromatic rings. The maximum Gasteiger partial charge on any atom is 0.268 e. The number of carbonyl (C=O) groups excluding carboxylic acids is 1. The number of thiophene rings is 1. The van der Waals surface area contributed by atoms with Crippen molar-refractivity contribution in [1.82, 2.24) is 9.97 Å². The Morgan fingerprint density at radius 2 is 1.83 bits per heavy atom. The van der Waals surface area contributed by atoms with E-state index in [9.17, 15) is 18.0 Å². The van der Waals surface area contributed by atoms with Crippen LogP contribution in [0.4, 0.5) is 5.69 Å². The number of aryl methyl sites for hydroxylation is 1. The zero-order valence-corrected chi connectivity index (χ0v) is 18.5. The summed E-state index contributed by atoms with van der Waals surface area (Å²) in [6.45, 7) is 1.59. The van der Waals surface area contributed by atoms with Crippen LogP contribution in [-0.4, -0.2) is 30.5 Å². The van der Waals surface area contributed by atoms with E-state index in [1.165, 1.54) is 37.7 Å². The van der Waals surface area contributed by atoms with Crippen LogP contribution < -0.4 is 10.9 Å². The number of nitrogens with zero attached hydrogens (tertiary/aromatic N) is 1. The van der Waals surface area contributed by atoms with E-state index in [-0.39, 0.29) is 20.0 Å². The first kappa shape index (κ1) is 20.7. The highest BCUT2D eigenvalue weighted by Gasteiger charge is 2.26. The van der Waals surface area contributed by atoms with E-state index in [1.807, 2.05) is 24.3 Å². The van der Waals surface area contributed by atoms with Crippen LogP contribution in [-0.2, 0) is 9.84 Å². The summed E-state index contributed by atoms with van der Waals surface area (Å²) in [4.78, 5) is 32.1. The third-order valence-corrected chi connectivity index (χ3v) is 8.45. The summed E-state index contributed by atoms with van der Waals surface area (Å²) in [5.74, 6) is 0.403. The Hall–Kier alpha value is -2.52. The molecule has 0 radical (unpaired) electrons. The maximum absolute atomic E-state index is 12.9. The molecule has 9 heteroatoms. The molecule has 1 amide bonds. The molecule has 2 aromatic heterocycles. The number of anilines is 1. The lowest BCUT2D eigenvalue weighted by atomic mass is 9.84. The van der Waals surface area contributed by atoms with Crippen LogP contribution in [0.2, 0.25) is 0 Å². The van der Waals surface area contributed by atoms with E-state index in [0.29, 0.717) is 17.4 Å². The van der Waals surface area contributed by atoms with Gasteiger partial charge < -0.3 is 10.3 Å². The van der Waals surface area contributed by atoms with Crippen LogP contribution in [0.3, 0.4) is 0 Å². The number of fused-ring (bicyclic) bond motifs is 1. The number of hydrogen-bond donors (Lipinski definition) is 2. The van der Waals surface area contributed by atoms with Crippen molar-refractivity contribution in [1.29, 1.82) is 0 Å². The Labute approximate surface area is 178 Å². The number of nitrogens with one attached hydrogen (secondary N) is 2. The molecule has 0 spiro atoms. The summed E-state index contributed by atoms with van der Waals surface area (Å²) in [6, 6.07) is 7.79. The first-order valence-electron chi connectivity index (χ1n) is 9.89. The molecule has 1 aliphatic carbocycles. The topological polar surface area (TPSA) is 109 Å². The highest BCUT2D eigenvalue weighted by atomic mass is 32.2. The van der Waals surface area contributed by atoms with Crippen molar-refractivity contribution < 1.29 is 13.2 Å². The number of benzene rings is 1. The molecule has 0 saturated heterocycles. The minimum Gasteiger partial charge on any atom is -0.321 e. The molecule has 0 atom stereocenters. The predicted molar refractivity (Wildman–Crippen MR) is 118 cm³/mol. The molecule has 2 N–H and O–H groups in total. The van der Waals surface area contributed by atoms with Gasteiger partial charge in [0, 0.05) is 11.9 Å². The molecule has 1 aromatic carbocycles. The van der Waals surface area contributed by atoms with Gasteiger partial charge in [-0.05, 0) is 43.4 Å². The zero-order chi connectivity index (χ0) is 21.5. The Bertz CT molecular complexity index is 1270. The number of hydrogen-bond acceptors (Lipinski definition) is 6. The highest BCUT2D eigenvalue weighted by Crippen LogP contribution is 2.34. The van der Waals surface area contributed by atoms with E-state index >= 15 is 0 Å². The van der Waals surface area contributed by atoms with Gasteiger partial charge in [0.1, 0.15) is 20.4 Å². The summed E-state index contributed by atoms with van der Waals surface area (Å²) in [5, 5.41) is 2.74. The lowest BCUT2D eigenvalue weighted by Gasteiger charge is -2.22. The van der Waals surface area contributed by atoms with Gasteiger partial charge in [0.15, 0.2) is 9.84 Å². The fraction of sp³-hybridized carbons (Fsp3) is 0.381. The average Bonchev–Trinajstić information content (AvgIpc) is 3.09. The smallest absolute Gasteiger partial charge is 0.268 e. The quantitative estimate of drug-likeness (QED) is 0.631. The number of rotatable bonds is 4. The largest absolute Gasteiger partial charge is 0.321 e. The van der Waals surface area contributed by atoms with Crippen molar-refractivity contribution >= 4 is 43.7 Å². The number of carbonyl (C=O) groups is 1. The molecule has 158 valence electrons. The third-order valence-electron chi connectivity index (χ3n) is 5.44. The van der Waals surface area contributed by atoms with Gasteiger partial charge >= 0.3 is 0 Å². The van der Waals surface area contributed by atoms with Crippen molar-refractivity contribution in [3.05, 3.63) is 50.9 Å². The van der Waals surface area contributed by atoms with Crippen molar-refractivity contribution in [3.63, 3.8) is 0 Å². The molecular formula is C21H23N3O4S2. The Morgan fingerprint density at radius 1 is 1.17 bits per heavy atom. The summed E-state index contributed by atoms with van der Waals surface area (Å²) in [5.41, 5.74) is 1.43. The van der Waals surface area contributed by atoms with Gasteiger partial charge in [0.05, 0.1) is 5.39 Å². The van der Waals surface area contributed by atoms with Crippen LogP contribution in [0, 0.1) is 6.92 Å². The molecule has 0 unspecified atom stereocenters. The number of aromatic amines is 1. The van der Waals surface area contributed by atoms with Gasteiger partial charge in [-0.25, -0.2) is 13.4 Å². The summed E-state index contributed by atoms with van der Waals surface area (Å²) in [6.07, 6.45) is 7.21. The number of amides is 1. The monoisotopic (exact) mass is 445 g/mol. The fourth-order valence-electron chi connectivity index (χ4n) is 4.01. The van der Waals surface area contributed by atoms with Gasteiger partial charge in [0.25, 0.3) is 11.5 Å². The molecule has 7 nitrogen and oxygen atoms in total. The van der Waals surface area contributed by atoms with E-state index in [2.05, 4.69) is 15.3 Å². The molecule has 1 saturated carbocycles. The second-order valence-electron chi connectivity index (χ2n) is 7.78. The molecule has 0 bridgehead atoms. The minimum absolute atomic E-state index is 0.0640. The lowest BCUT2D eigenvalue weighted by molar-refractivity contribution is 0.103. The number of aromatic nitrogens is 2. The van der Waals surface area contributed by atoms with E-state index in [4.69, 9.17) is 0 Å². The molecule has 4 rings (SSSR count). The minimum atomic E-state index is -3.69. The maximum atomic E-state index is 12.9. The van der Waals surface area contributed by atoms with E-state index in [0.717, 1.165) is 17.6 Å². The van der Waals surface area contributed by atoms with Crippen LogP contribution in [0.25, 0.3) is 10.9 Å². The summed E-state index contributed by atoms with van der Waals surface area (Å²) >= 11 is 0.773. The van der Waals surface area contributed by atoms with E-state index < -0.39 is 21.3 Å². The Balaban J connectivity index is 1.66. The first-order chi connectivity index (χ1) is 14.2. The first-order valence-corrected chi connectivity index (χ1v) is 12.6. The Morgan fingerprint density at radius 3 is 2.47 bits per heavy atom. The second kappa shape index (κ2) is 7.96. The molecule has 0 aliphatic heterocycles. The predicted octanol–water partition coefficient (Wildman–Crippen LogP) is 4.00. The van der Waals surface area contributed by atoms with Crippen LogP contribution >= 0.6 is 11.3 Å². The van der Waals surface area contributed by atoms with Crippen LogP contribution in [0.15, 0.2) is 33.3 Å². The average molecular weight is 446 g/mol. The van der Waals surface area contributed by atoms with Crippen molar-refractivity contribution in [2.75, 3.05) is 11.6 Å². The molecule has 2 heterocycles. The standard InChI is InChI=1S/C21H23N3O4S2/c1-12-22-17-16(19(25)23-12)21(30(2,27)28)29-18(17)20(26)24-15-10-8-14(9-11-15)13-6-4-3-5-7-13/h8-11,13H,3-7H2,1-2H3,(H,24,26)(H,22,23,25). The van der Waals surface area contributed by atoms with Gasteiger partial charge in [-0.2, -0.15) is 0 Å². The zero-order valence-electron chi connectivity index (χ0n) is 16.8. The van der Waals surface area contributed by atoms with Crippen LogP contribution in [0.1, 0.15) is 59.1 Å². The fourth-order valence-corrected chi connectivity index (χ4v) is 6.29. The molecule has 1 fully saturated rings. The molecule has 1 aliphatic rings. The van der Waals surface area contributed by atoms with Crippen molar-refractivity contribution in [3.8, 4) is 0 Å². The van der Waals surface area contributed by atoms with Crippen LogP contribution in [0.5, 0.6) is 0 Å². The van der Waals surface area contributed by atoms with Crippen molar-refractivity contribution in [2.45, 2.75) is 49.2 Å². The number of H-pyrrole nitrogens is 1. The Kier molecular flexibility index (Phi) is 5.50. The summed E-state index contributed by atoms with van der Waals surface area (Å²) < 4.78 is 24.2. The van der Waals surface area contributed by atoms with E-state index in [1.54, 1.807) is 6.92 Å². The van der Waals surface area contributed by atoms with Gasteiger partial charge in [-0.1, -0.05) is 31.4 Å². The highest BCUT2D eigenvalue weighted by molar-refractivity contribution is 7.93. The van der Waals surface area contributed by atoms with Gasteiger partial charge in [-0.15, -0.1) is 11.3 Å².